The Morgan fingerprint density at radius 3 is 2.72 bits per heavy atom. The summed E-state index contributed by atoms with van der Waals surface area (Å²) in [7, 11) is -1.81. The van der Waals surface area contributed by atoms with Gasteiger partial charge < -0.3 is 10.1 Å². The number of carbonyl (C=O) groups is 1. The minimum absolute atomic E-state index is 0. The van der Waals surface area contributed by atoms with Crippen molar-refractivity contribution in [1.29, 1.82) is 0 Å². The van der Waals surface area contributed by atoms with Gasteiger partial charge in [-0.25, -0.2) is 13.1 Å². The summed E-state index contributed by atoms with van der Waals surface area (Å²) in [4.78, 5) is 11.4. The Hall–Kier alpha value is -1.93. The van der Waals surface area contributed by atoms with Crippen LogP contribution in [-0.2, 0) is 32.4 Å². The lowest BCUT2D eigenvalue weighted by molar-refractivity contribution is -0.140. The first-order valence-corrected chi connectivity index (χ1v) is 12.5. The number of ether oxygens (including phenoxy) is 1. The van der Waals surface area contributed by atoms with Crippen LogP contribution >= 0.6 is 12.4 Å². The average Bonchev–Trinajstić information content (AvgIpc) is 3.19. The number of nitrogens with one attached hydrogen (secondary N) is 2. The Kier molecular flexibility index (Phi) is 10.2. The molecule has 1 heterocycles. The van der Waals surface area contributed by atoms with Gasteiger partial charge in [-0.15, -0.1) is 12.4 Å². The lowest BCUT2D eigenvalue weighted by atomic mass is 9.93. The standard InChI is InChI=1S/C24H32N2O4S.ClH/c1-3-31(28,29)26-22-14-15-25-23(22)17-18-8-6-11-20(16-18)21-12-5-4-9-19(21)10-7-13-24(27)30-2;/h4-6,8-9,11-12,16,22-23,25-26H,3,7,10,13-15,17H2,1-2H3;1H. The first-order valence-electron chi connectivity index (χ1n) is 10.9. The number of hydrogen-bond acceptors (Lipinski definition) is 5. The minimum atomic E-state index is -3.22. The van der Waals surface area contributed by atoms with Crippen molar-refractivity contribution in [3.63, 3.8) is 0 Å². The third-order valence-electron chi connectivity index (χ3n) is 5.82. The first-order chi connectivity index (χ1) is 14.9. The van der Waals surface area contributed by atoms with Crippen molar-refractivity contribution >= 4 is 28.4 Å². The highest BCUT2D eigenvalue weighted by Crippen LogP contribution is 2.27. The molecule has 3 rings (SSSR count). The summed E-state index contributed by atoms with van der Waals surface area (Å²) in [5.74, 6) is -0.0878. The van der Waals surface area contributed by atoms with Crippen LogP contribution in [0.5, 0.6) is 0 Å². The van der Waals surface area contributed by atoms with E-state index in [0.29, 0.717) is 6.42 Å². The van der Waals surface area contributed by atoms with E-state index >= 15 is 0 Å². The maximum absolute atomic E-state index is 12.0. The first kappa shape index (κ1) is 26.3. The van der Waals surface area contributed by atoms with Crippen LogP contribution in [0.1, 0.15) is 37.3 Å². The second-order valence-corrected chi connectivity index (χ2v) is 10.0. The molecule has 1 fully saturated rings. The van der Waals surface area contributed by atoms with Gasteiger partial charge in [0.25, 0.3) is 0 Å². The molecule has 0 amide bonds. The molecule has 0 bridgehead atoms. The van der Waals surface area contributed by atoms with Crippen LogP contribution in [0, 0.1) is 0 Å². The fraction of sp³-hybridized carbons (Fsp3) is 0.458. The smallest absolute Gasteiger partial charge is 0.305 e. The fourth-order valence-corrected chi connectivity index (χ4v) is 5.01. The Labute approximate surface area is 197 Å². The highest BCUT2D eigenvalue weighted by molar-refractivity contribution is 7.89. The van der Waals surface area contributed by atoms with Gasteiger partial charge in [-0.05, 0) is 61.4 Å². The minimum Gasteiger partial charge on any atom is -0.469 e. The highest BCUT2D eigenvalue weighted by atomic mass is 35.5. The van der Waals surface area contributed by atoms with Gasteiger partial charge in [-0.1, -0.05) is 48.5 Å². The summed E-state index contributed by atoms with van der Waals surface area (Å²) in [5, 5.41) is 3.45. The van der Waals surface area contributed by atoms with Crippen LogP contribution in [0.2, 0.25) is 0 Å². The zero-order valence-corrected chi connectivity index (χ0v) is 20.3. The summed E-state index contributed by atoms with van der Waals surface area (Å²) < 4.78 is 31.6. The number of methoxy groups -OCH3 is 1. The number of carbonyl (C=O) groups excluding carboxylic acids is 1. The molecule has 0 aliphatic carbocycles. The van der Waals surface area contributed by atoms with E-state index in [-0.39, 0.29) is 36.2 Å². The van der Waals surface area contributed by atoms with Crippen LogP contribution in [0.25, 0.3) is 11.1 Å². The van der Waals surface area contributed by atoms with E-state index < -0.39 is 10.0 Å². The SMILES string of the molecule is CCS(=O)(=O)NC1CCNC1Cc1cccc(-c2ccccc2CCCC(=O)OC)c1.Cl. The van der Waals surface area contributed by atoms with Crippen LogP contribution < -0.4 is 10.0 Å². The number of halogens is 1. The van der Waals surface area contributed by atoms with Crippen molar-refractivity contribution in [2.75, 3.05) is 19.4 Å². The molecule has 1 saturated heterocycles. The molecule has 2 aromatic carbocycles. The van der Waals surface area contributed by atoms with Gasteiger partial charge in [0.2, 0.25) is 10.0 Å². The maximum Gasteiger partial charge on any atom is 0.305 e. The van der Waals surface area contributed by atoms with Crippen LogP contribution in [0.3, 0.4) is 0 Å². The summed E-state index contributed by atoms with van der Waals surface area (Å²) in [5.41, 5.74) is 4.67. The van der Waals surface area contributed by atoms with E-state index in [9.17, 15) is 13.2 Å². The molecule has 0 radical (unpaired) electrons. The molecular formula is C24H33ClN2O4S. The van der Waals surface area contributed by atoms with Gasteiger partial charge in [0.1, 0.15) is 0 Å². The Morgan fingerprint density at radius 1 is 1.19 bits per heavy atom. The number of hydrogen-bond donors (Lipinski definition) is 2. The predicted molar refractivity (Wildman–Crippen MR) is 131 cm³/mol. The molecular weight excluding hydrogens is 448 g/mol. The molecule has 2 aromatic rings. The van der Waals surface area contributed by atoms with E-state index in [1.165, 1.54) is 18.2 Å². The van der Waals surface area contributed by atoms with Crippen molar-refractivity contribution in [2.45, 2.75) is 51.1 Å². The van der Waals surface area contributed by atoms with Crippen LogP contribution in [0.15, 0.2) is 48.5 Å². The quantitative estimate of drug-likeness (QED) is 0.508. The second kappa shape index (κ2) is 12.3. The average molecular weight is 481 g/mol. The normalized spacial score (nSPS) is 18.2. The van der Waals surface area contributed by atoms with E-state index in [0.717, 1.165) is 43.4 Å². The molecule has 2 unspecified atom stereocenters. The summed E-state index contributed by atoms with van der Waals surface area (Å²) in [6.07, 6.45) is 3.52. The molecule has 0 aromatic heterocycles. The molecule has 176 valence electrons. The maximum atomic E-state index is 12.0. The van der Waals surface area contributed by atoms with E-state index in [2.05, 4.69) is 46.4 Å². The number of sulfonamides is 1. The molecule has 1 aliphatic rings. The van der Waals surface area contributed by atoms with Gasteiger partial charge in [0.15, 0.2) is 0 Å². The Balaban J connectivity index is 0.00000363. The van der Waals surface area contributed by atoms with E-state index in [1.54, 1.807) is 6.92 Å². The summed E-state index contributed by atoms with van der Waals surface area (Å²) >= 11 is 0. The van der Waals surface area contributed by atoms with Crippen molar-refractivity contribution in [2.24, 2.45) is 0 Å². The molecule has 2 atom stereocenters. The monoisotopic (exact) mass is 480 g/mol. The lowest BCUT2D eigenvalue weighted by Gasteiger charge is -2.21. The Bertz CT molecular complexity index is 997. The molecule has 6 nitrogen and oxygen atoms in total. The van der Waals surface area contributed by atoms with Crippen LogP contribution in [0.4, 0.5) is 0 Å². The highest BCUT2D eigenvalue weighted by Gasteiger charge is 2.29. The molecule has 0 spiro atoms. The third kappa shape index (κ3) is 7.30. The van der Waals surface area contributed by atoms with E-state index in [1.807, 2.05) is 12.1 Å². The summed E-state index contributed by atoms with van der Waals surface area (Å²) in [6.45, 7) is 2.47. The zero-order valence-electron chi connectivity index (χ0n) is 18.7. The van der Waals surface area contributed by atoms with Crippen LogP contribution in [-0.4, -0.2) is 45.9 Å². The number of benzene rings is 2. The molecule has 1 aliphatic heterocycles. The van der Waals surface area contributed by atoms with Gasteiger partial charge in [0.05, 0.1) is 12.9 Å². The van der Waals surface area contributed by atoms with Gasteiger partial charge in [-0.2, -0.15) is 0 Å². The summed E-state index contributed by atoms with van der Waals surface area (Å²) in [6, 6.07) is 16.7. The largest absolute Gasteiger partial charge is 0.469 e. The molecule has 0 saturated carbocycles. The van der Waals surface area contributed by atoms with Gasteiger partial charge in [0, 0.05) is 18.5 Å². The number of rotatable bonds is 10. The van der Waals surface area contributed by atoms with Crippen molar-refractivity contribution in [3.8, 4) is 11.1 Å². The fourth-order valence-electron chi connectivity index (χ4n) is 4.10. The topological polar surface area (TPSA) is 84.5 Å². The Morgan fingerprint density at radius 2 is 1.97 bits per heavy atom. The number of aryl methyl sites for hydroxylation is 1. The number of esters is 1. The zero-order chi connectivity index (χ0) is 22.3. The third-order valence-corrected chi connectivity index (χ3v) is 7.25. The van der Waals surface area contributed by atoms with Crippen molar-refractivity contribution in [1.82, 2.24) is 10.0 Å². The van der Waals surface area contributed by atoms with Crippen molar-refractivity contribution < 1.29 is 17.9 Å². The molecule has 8 heteroatoms. The predicted octanol–water partition coefficient (Wildman–Crippen LogP) is 3.48. The van der Waals surface area contributed by atoms with Crippen molar-refractivity contribution in [3.05, 3.63) is 59.7 Å². The molecule has 2 N–H and O–H groups in total. The molecule has 32 heavy (non-hydrogen) atoms. The van der Waals surface area contributed by atoms with Gasteiger partial charge in [-0.3, -0.25) is 4.79 Å². The van der Waals surface area contributed by atoms with Gasteiger partial charge >= 0.3 is 5.97 Å². The lowest BCUT2D eigenvalue weighted by Crippen LogP contribution is -2.45. The second-order valence-electron chi connectivity index (χ2n) is 7.97. The van der Waals surface area contributed by atoms with E-state index in [4.69, 9.17) is 4.74 Å².